The van der Waals surface area contributed by atoms with E-state index in [2.05, 4.69) is 11.9 Å². The van der Waals surface area contributed by atoms with E-state index in [1.54, 1.807) is 0 Å². The minimum absolute atomic E-state index is 0.286. The van der Waals surface area contributed by atoms with Crippen LogP contribution in [0.1, 0.15) is 32.4 Å². The first-order valence-corrected chi connectivity index (χ1v) is 7.22. The van der Waals surface area contributed by atoms with Crippen LogP contribution in [0.4, 0.5) is 0 Å². The molecule has 1 atom stereocenters. The fourth-order valence-corrected chi connectivity index (χ4v) is 2.97. The number of nitrogens with zero attached hydrogens (tertiary/aromatic N) is 1. The second kappa shape index (κ2) is 5.27. The standard InChI is InChI=1S/C14H17ClNO2S/c1-5-18-8-6-9(12(17)14(2,3)4)11-10(7-8)19-13(15)16-11/h6-7,12,17H,1,5H2,2-4H3. The molecule has 0 saturated heterocycles. The molecule has 1 aromatic carbocycles. The van der Waals surface area contributed by atoms with Gasteiger partial charge in [-0.1, -0.05) is 32.4 Å². The average Bonchev–Trinajstić information content (AvgIpc) is 2.66. The summed E-state index contributed by atoms with van der Waals surface area (Å²) in [7, 11) is 0. The van der Waals surface area contributed by atoms with Crippen LogP contribution in [0.5, 0.6) is 5.75 Å². The van der Waals surface area contributed by atoms with E-state index in [-0.39, 0.29) is 5.41 Å². The van der Waals surface area contributed by atoms with Crippen molar-refractivity contribution in [3.05, 3.63) is 29.1 Å². The molecule has 103 valence electrons. The third kappa shape index (κ3) is 3.02. The maximum absolute atomic E-state index is 10.5. The summed E-state index contributed by atoms with van der Waals surface area (Å²) in [6.45, 7) is 9.94. The molecule has 5 heteroatoms. The molecule has 3 nitrogen and oxygen atoms in total. The highest BCUT2D eigenvalue weighted by Crippen LogP contribution is 2.40. The zero-order valence-electron chi connectivity index (χ0n) is 11.2. The lowest BCUT2D eigenvalue weighted by Gasteiger charge is -2.26. The molecule has 0 fully saturated rings. The van der Waals surface area contributed by atoms with Crippen LogP contribution in [-0.2, 0) is 0 Å². The predicted octanol–water partition coefficient (Wildman–Crippen LogP) is 4.24. The topological polar surface area (TPSA) is 42.4 Å². The first kappa shape index (κ1) is 14.6. The molecule has 19 heavy (non-hydrogen) atoms. The number of hydrogen-bond acceptors (Lipinski definition) is 4. The lowest BCUT2D eigenvalue weighted by atomic mass is 9.84. The lowest BCUT2D eigenvalue weighted by molar-refractivity contribution is 0.0636. The van der Waals surface area contributed by atoms with Crippen LogP contribution < -0.4 is 4.74 Å². The summed E-state index contributed by atoms with van der Waals surface area (Å²) in [5.41, 5.74) is 1.21. The van der Waals surface area contributed by atoms with Crippen molar-refractivity contribution in [3.63, 3.8) is 0 Å². The van der Waals surface area contributed by atoms with Gasteiger partial charge in [-0.25, -0.2) is 4.98 Å². The van der Waals surface area contributed by atoms with Crippen LogP contribution >= 0.6 is 22.9 Å². The predicted molar refractivity (Wildman–Crippen MR) is 79.9 cm³/mol. The molecule has 1 unspecified atom stereocenters. The number of rotatable bonds is 3. The number of fused-ring (bicyclic) bond motifs is 1. The average molecular weight is 299 g/mol. The van der Waals surface area contributed by atoms with Gasteiger partial charge in [0.25, 0.3) is 0 Å². The summed E-state index contributed by atoms with van der Waals surface area (Å²) in [4.78, 5) is 4.30. The Balaban J connectivity index is 2.62. The Kier molecular flexibility index (Phi) is 4.04. The minimum Gasteiger partial charge on any atom is -0.494 e. The SMILES string of the molecule is [CH2]COc1cc(C(O)C(C)(C)C)c2nc(Cl)sc2c1. The van der Waals surface area contributed by atoms with Gasteiger partial charge in [0.15, 0.2) is 4.47 Å². The van der Waals surface area contributed by atoms with Gasteiger partial charge in [-0.2, -0.15) is 0 Å². The van der Waals surface area contributed by atoms with Crippen LogP contribution in [-0.4, -0.2) is 16.7 Å². The number of hydrogen-bond donors (Lipinski definition) is 1. The Morgan fingerprint density at radius 3 is 2.74 bits per heavy atom. The van der Waals surface area contributed by atoms with Gasteiger partial charge in [0.2, 0.25) is 0 Å². The number of aromatic nitrogens is 1. The number of ether oxygens (including phenoxy) is 1. The highest BCUT2D eigenvalue weighted by molar-refractivity contribution is 7.22. The summed E-state index contributed by atoms with van der Waals surface area (Å²) in [5.74, 6) is 0.682. The van der Waals surface area contributed by atoms with Gasteiger partial charge >= 0.3 is 0 Å². The Bertz CT molecular complexity index is 589. The van der Waals surface area contributed by atoms with Crippen molar-refractivity contribution in [1.29, 1.82) is 0 Å². The number of benzene rings is 1. The van der Waals surface area contributed by atoms with E-state index < -0.39 is 6.10 Å². The van der Waals surface area contributed by atoms with Crippen molar-refractivity contribution in [1.82, 2.24) is 4.98 Å². The molecule has 0 aliphatic rings. The highest BCUT2D eigenvalue weighted by atomic mass is 35.5. The number of aliphatic hydroxyl groups excluding tert-OH is 1. The van der Waals surface area contributed by atoms with Gasteiger partial charge in [0.05, 0.1) is 22.9 Å². The summed E-state index contributed by atoms with van der Waals surface area (Å²) < 4.78 is 6.81. The maximum Gasteiger partial charge on any atom is 0.184 e. The highest BCUT2D eigenvalue weighted by Gasteiger charge is 2.27. The summed E-state index contributed by atoms with van der Waals surface area (Å²) in [6.07, 6.45) is -0.637. The third-order valence-corrected chi connectivity index (χ3v) is 3.96. The van der Waals surface area contributed by atoms with Crippen molar-refractivity contribution in [3.8, 4) is 5.75 Å². The summed E-state index contributed by atoms with van der Waals surface area (Å²) in [6, 6.07) is 3.70. The van der Waals surface area contributed by atoms with Crippen LogP contribution in [0.15, 0.2) is 12.1 Å². The Labute approximate surface area is 122 Å². The molecule has 0 bridgehead atoms. The van der Waals surface area contributed by atoms with Crippen molar-refractivity contribution >= 4 is 33.2 Å². The molecular weight excluding hydrogens is 282 g/mol. The van der Waals surface area contributed by atoms with Crippen LogP contribution in [0.25, 0.3) is 10.2 Å². The molecule has 2 aromatic rings. The molecular formula is C14H17ClNO2S. The first-order chi connectivity index (χ1) is 8.82. The van der Waals surface area contributed by atoms with Gasteiger partial charge in [-0.05, 0) is 24.5 Å². The first-order valence-electron chi connectivity index (χ1n) is 6.03. The zero-order chi connectivity index (χ0) is 14.2. The molecule has 0 saturated carbocycles. The van der Waals surface area contributed by atoms with Gasteiger partial charge < -0.3 is 9.84 Å². The molecule has 1 heterocycles. The lowest BCUT2D eigenvalue weighted by Crippen LogP contribution is -2.18. The molecule has 0 aliphatic carbocycles. The van der Waals surface area contributed by atoms with E-state index in [1.165, 1.54) is 11.3 Å². The quantitative estimate of drug-likeness (QED) is 0.921. The van der Waals surface area contributed by atoms with Crippen LogP contribution in [0, 0.1) is 12.3 Å². The number of aliphatic hydroxyl groups is 1. The molecule has 1 radical (unpaired) electrons. The van der Waals surface area contributed by atoms with Gasteiger partial charge in [-0.3, -0.25) is 0 Å². The maximum atomic E-state index is 10.5. The third-order valence-electron chi connectivity index (χ3n) is 2.86. The van der Waals surface area contributed by atoms with Gasteiger partial charge in [0.1, 0.15) is 5.75 Å². The van der Waals surface area contributed by atoms with Gasteiger partial charge in [-0.15, -0.1) is 11.3 Å². The second-order valence-corrected chi connectivity index (χ2v) is 7.06. The molecule has 1 N–H and O–H groups in total. The molecule has 0 spiro atoms. The molecule has 1 aromatic heterocycles. The fraction of sp³-hybridized carbons (Fsp3) is 0.429. The second-order valence-electron chi connectivity index (χ2n) is 5.44. The van der Waals surface area contributed by atoms with E-state index in [0.717, 1.165) is 15.8 Å². The van der Waals surface area contributed by atoms with E-state index in [4.69, 9.17) is 16.3 Å². The Hall–Kier alpha value is -0.840. The molecule has 0 aliphatic heterocycles. The van der Waals surface area contributed by atoms with E-state index in [0.29, 0.717) is 16.8 Å². The Morgan fingerprint density at radius 2 is 2.16 bits per heavy atom. The zero-order valence-corrected chi connectivity index (χ0v) is 12.8. The van der Waals surface area contributed by atoms with Crippen molar-refractivity contribution in [2.75, 3.05) is 6.61 Å². The van der Waals surface area contributed by atoms with Gasteiger partial charge in [0, 0.05) is 5.56 Å². The van der Waals surface area contributed by atoms with Crippen LogP contribution in [0.2, 0.25) is 4.47 Å². The molecule has 2 rings (SSSR count). The number of halogens is 1. The van der Waals surface area contributed by atoms with Crippen molar-refractivity contribution in [2.24, 2.45) is 5.41 Å². The largest absolute Gasteiger partial charge is 0.494 e. The summed E-state index contributed by atoms with van der Waals surface area (Å²) in [5, 5.41) is 10.5. The monoisotopic (exact) mass is 298 g/mol. The smallest absolute Gasteiger partial charge is 0.184 e. The fourth-order valence-electron chi connectivity index (χ4n) is 1.88. The number of thiazole rings is 1. The van der Waals surface area contributed by atoms with E-state index in [1.807, 2.05) is 32.9 Å². The summed E-state index contributed by atoms with van der Waals surface area (Å²) >= 11 is 7.35. The van der Waals surface area contributed by atoms with Crippen molar-refractivity contribution < 1.29 is 9.84 Å². The minimum atomic E-state index is -0.637. The normalized spacial score (nSPS) is 13.8. The van der Waals surface area contributed by atoms with E-state index >= 15 is 0 Å². The van der Waals surface area contributed by atoms with Crippen LogP contribution in [0.3, 0.4) is 0 Å². The Morgan fingerprint density at radius 1 is 1.47 bits per heavy atom. The molecule has 0 amide bonds. The van der Waals surface area contributed by atoms with E-state index in [9.17, 15) is 5.11 Å². The van der Waals surface area contributed by atoms with Crippen molar-refractivity contribution in [2.45, 2.75) is 26.9 Å².